The minimum absolute atomic E-state index is 0. The van der Waals surface area contributed by atoms with Crippen LogP contribution in [0.1, 0.15) is 11.1 Å². The fraction of sp³-hybridized carbons (Fsp3) is 0.0667. The summed E-state index contributed by atoms with van der Waals surface area (Å²) in [6, 6.07) is 19.5. The van der Waals surface area contributed by atoms with E-state index in [1.165, 1.54) is 0 Å². The van der Waals surface area contributed by atoms with E-state index in [0.29, 0.717) is 6.42 Å². The summed E-state index contributed by atoms with van der Waals surface area (Å²) in [6.45, 7) is 0. The molecule has 0 heterocycles. The Labute approximate surface area is 114 Å². The molecule has 0 N–H and O–H groups in total. The van der Waals surface area contributed by atoms with Crippen LogP contribution in [0, 0.1) is 0 Å². The monoisotopic (exact) mass is 216 g/mol. The Kier molecular flexibility index (Phi) is 5.63. The van der Waals surface area contributed by atoms with Gasteiger partial charge in [0.1, 0.15) is 0 Å². The Morgan fingerprint density at radius 2 is 1.41 bits per heavy atom. The third-order valence-electron chi connectivity index (χ3n) is 2.35. The maximum atomic E-state index is 11.7. The van der Waals surface area contributed by atoms with Gasteiger partial charge in [-0.05, 0) is 17.5 Å². The molecule has 80 valence electrons. The quantitative estimate of drug-likeness (QED) is 0.507. The average Bonchev–Trinajstić information content (AvgIpc) is 2.31. The molecule has 0 aliphatic rings. The van der Waals surface area contributed by atoms with Crippen LogP contribution in [0.5, 0.6) is 0 Å². The van der Waals surface area contributed by atoms with Gasteiger partial charge in [-0.25, -0.2) is 0 Å². The molecule has 0 amide bonds. The maximum Gasteiger partial charge on any atom is 1.00 e. The van der Waals surface area contributed by atoms with Gasteiger partial charge in [0.25, 0.3) is 0 Å². The fourth-order valence-corrected chi connectivity index (χ4v) is 1.58. The van der Waals surface area contributed by atoms with Gasteiger partial charge in [-0.3, -0.25) is 0 Å². The molecule has 0 spiro atoms. The molecule has 0 fully saturated rings. The van der Waals surface area contributed by atoms with Gasteiger partial charge in [-0.1, -0.05) is 66.7 Å². The average molecular weight is 216 g/mol. The van der Waals surface area contributed by atoms with Crippen molar-refractivity contribution >= 4 is 6.08 Å². The molecule has 2 rings (SSSR count). The summed E-state index contributed by atoms with van der Waals surface area (Å²) in [6.07, 6.45) is 2.16. The summed E-state index contributed by atoms with van der Waals surface area (Å²) >= 11 is 0. The van der Waals surface area contributed by atoms with Crippen molar-refractivity contribution in [3.8, 4) is 0 Å². The van der Waals surface area contributed by atoms with Crippen LogP contribution in [0.4, 0.5) is 0 Å². The molecule has 17 heavy (non-hydrogen) atoms. The minimum atomic E-state index is 0. The molecule has 0 saturated heterocycles. The molecule has 1 nitrogen and oxygen atoms in total. The molecule has 0 bridgehead atoms. The fourth-order valence-electron chi connectivity index (χ4n) is 1.58. The molecule has 0 aliphatic heterocycles. The third-order valence-corrected chi connectivity index (χ3v) is 2.35. The summed E-state index contributed by atoms with van der Waals surface area (Å²) in [5.41, 5.74) is 2.02. The van der Waals surface area contributed by atoms with Crippen LogP contribution >= 0.6 is 0 Å². The number of allylic oxidation sites excluding steroid dienone is 1. The first kappa shape index (κ1) is 13.6. The Balaban J connectivity index is 0.00000144. The standard InChI is InChI=1S/C15H14O.Li/c16-15(11-13-7-3-1-4-8-13)12-14-9-5-2-6-10-14;/h1-11,16H,12H2;/q;+1/p-1/b15-11-;. The Morgan fingerprint density at radius 3 is 2.00 bits per heavy atom. The molecule has 2 aromatic rings. The predicted octanol–water partition coefficient (Wildman–Crippen LogP) is -0.365. The summed E-state index contributed by atoms with van der Waals surface area (Å²) in [5.74, 6) is 0.136. The first-order valence-corrected chi connectivity index (χ1v) is 5.31. The van der Waals surface area contributed by atoms with E-state index in [-0.39, 0.29) is 24.6 Å². The predicted molar refractivity (Wildman–Crippen MR) is 64.6 cm³/mol. The molecular weight excluding hydrogens is 203 g/mol. The maximum absolute atomic E-state index is 11.7. The number of rotatable bonds is 3. The van der Waals surface area contributed by atoms with Crippen molar-refractivity contribution in [3.05, 3.63) is 77.5 Å². The number of benzene rings is 2. The number of hydrogen-bond donors (Lipinski definition) is 0. The smallest absolute Gasteiger partial charge is 0.875 e. The third kappa shape index (κ3) is 4.52. The van der Waals surface area contributed by atoms with Crippen molar-refractivity contribution in [3.63, 3.8) is 0 Å². The van der Waals surface area contributed by atoms with Crippen molar-refractivity contribution in [1.82, 2.24) is 0 Å². The van der Waals surface area contributed by atoms with Crippen molar-refractivity contribution in [2.45, 2.75) is 6.42 Å². The second-order valence-corrected chi connectivity index (χ2v) is 3.68. The van der Waals surface area contributed by atoms with E-state index in [9.17, 15) is 5.11 Å². The zero-order chi connectivity index (χ0) is 11.2. The van der Waals surface area contributed by atoms with Crippen LogP contribution in [0.3, 0.4) is 0 Å². The molecule has 0 saturated carbocycles. The second-order valence-electron chi connectivity index (χ2n) is 3.68. The number of hydrogen-bond acceptors (Lipinski definition) is 1. The summed E-state index contributed by atoms with van der Waals surface area (Å²) in [5, 5.41) is 11.7. The van der Waals surface area contributed by atoms with E-state index in [2.05, 4.69) is 0 Å². The van der Waals surface area contributed by atoms with E-state index in [0.717, 1.165) is 11.1 Å². The summed E-state index contributed by atoms with van der Waals surface area (Å²) < 4.78 is 0. The van der Waals surface area contributed by atoms with E-state index < -0.39 is 0 Å². The minimum Gasteiger partial charge on any atom is -0.875 e. The van der Waals surface area contributed by atoms with Crippen molar-refractivity contribution in [2.75, 3.05) is 0 Å². The van der Waals surface area contributed by atoms with Crippen LogP contribution < -0.4 is 24.0 Å². The zero-order valence-corrected chi connectivity index (χ0v) is 9.97. The Hall–Kier alpha value is -1.42. The second kappa shape index (κ2) is 7.01. The van der Waals surface area contributed by atoms with Gasteiger partial charge in [0, 0.05) is 0 Å². The molecule has 0 atom stereocenters. The Bertz CT molecular complexity index is 463. The summed E-state index contributed by atoms with van der Waals surface area (Å²) in [4.78, 5) is 0. The Morgan fingerprint density at radius 1 is 0.882 bits per heavy atom. The van der Waals surface area contributed by atoms with Crippen molar-refractivity contribution in [1.29, 1.82) is 0 Å². The van der Waals surface area contributed by atoms with Crippen LogP contribution in [-0.4, -0.2) is 0 Å². The molecular formula is C15H13LiO. The van der Waals surface area contributed by atoms with E-state index in [4.69, 9.17) is 0 Å². The van der Waals surface area contributed by atoms with Crippen LogP contribution in [0.15, 0.2) is 66.4 Å². The van der Waals surface area contributed by atoms with Gasteiger partial charge < -0.3 is 5.11 Å². The normalized spacial score (nSPS) is 10.7. The SMILES string of the molecule is [Li+].[O-]/C(=C\c1ccccc1)Cc1ccccc1. The van der Waals surface area contributed by atoms with Crippen LogP contribution in [0.25, 0.3) is 6.08 Å². The van der Waals surface area contributed by atoms with E-state index in [1.807, 2.05) is 60.7 Å². The molecule has 0 aromatic heterocycles. The molecule has 0 radical (unpaired) electrons. The van der Waals surface area contributed by atoms with Gasteiger partial charge in [-0.15, -0.1) is 5.76 Å². The topological polar surface area (TPSA) is 23.1 Å². The molecule has 0 unspecified atom stereocenters. The first-order valence-electron chi connectivity index (χ1n) is 5.31. The zero-order valence-electron chi connectivity index (χ0n) is 9.97. The van der Waals surface area contributed by atoms with Crippen molar-refractivity contribution < 1.29 is 24.0 Å². The van der Waals surface area contributed by atoms with Gasteiger partial charge in [0.15, 0.2) is 0 Å². The van der Waals surface area contributed by atoms with Gasteiger partial charge in [0.2, 0.25) is 0 Å². The van der Waals surface area contributed by atoms with Crippen LogP contribution in [-0.2, 0) is 6.42 Å². The molecule has 0 aliphatic carbocycles. The molecule has 2 aromatic carbocycles. The van der Waals surface area contributed by atoms with Gasteiger partial charge in [0.05, 0.1) is 0 Å². The largest absolute Gasteiger partial charge is 1.00 e. The summed E-state index contributed by atoms with van der Waals surface area (Å²) in [7, 11) is 0. The first-order chi connectivity index (χ1) is 7.84. The van der Waals surface area contributed by atoms with Crippen LogP contribution in [0.2, 0.25) is 0 Å². The van der Waals surface area contributed by atoms with E-state index >= 15 is 0 Å². The van der Waals surface area contributed by atoms with E-state index in [1.54, 1.807) is 6.08 Å². The van der Waals surface area contributed by atoms with Gasteiger partial charge in [-0.2, -0.15) is 0 Å². The van der Waals surface area contributed by atoms with Crippen molar-refractivity contribution in [2.24, 2.45) is 0 Å². The molecule has 2 heteroatoms. The van der Waals surface area contributed by atoms with Gasteiger partial charge >= 0.3 is 18.9 Å².